The third-order valence-corrected chi connectivity index (χ3v) is 6.95. The second-order valence-corrected chi connectivity index (χ2v) is 10.4. The molecular formula is C22H19ClN4O5S2. The molecule has 0 aromatic heterocycles. The smallest absolute Gasteiger partial charge is 0.283 e. The molecule has 176 valence electrons. The van der Waals surface area contributed by atoms with Crippen molar-refractivity contribution in [3.63, 3.8) is 0 Å². The van der Waals surface area contributed by atoms with Crippen molar-refractivity contribution in [2.75, 3.05) is 19.5 Å². The number of amides is 1. The van der Waals surface area contributed by atoms with Crippen LogP contribution in [0.25, 0.3) is 6.08 Å². The molecule has 0 radical (unpaired) electrons. The van der Waals surface area contributed by atoms with Crippen LogP contribution in [-0.4, -0.2) is 54.9 Å². The summed E-state index contributed by atoms with van der Waals surface area (Å²) >= 11 is 6.76. The summed E-state index contributed by atoms with van der Waals surface area (Å²) in [6.45, 7) is 2.57. The van der Waals surface area contributed by atoms with E-state index in [1.807, 2.05) is 13.0 Å². The number of sulfone groups is 1. The minimum atomic E-state index is -3.70. The van der Waals surface area contributed by atoms with Gasteiger partial charge in [-0.2, -0.15) is 9.39 Å². The second-order valence-electron chi connectivity index (χ2n) is 7.36. The van der Waals surface area contributed by atoms with E-state index in [0.29, 0.717) is 35.3 Å². The second kappa shape index (κ2) is 9.61. The Morgan fingerprint density at radius 2 is 1.76 bits per heavy atom. The molecule has 2 heterocycles. The van der Waals surface area contributed by atoms with Crippen LogP contribution in [0.15, 0.2) is 57.4 Å². The van der Waals surface area contributed by atoms with Gasteiger partial charge in [0.1, 0.15) is 30.5 Å². The Bertz CT molecular complexity index is 1370. The topological polar surface area (TPSA) is 121 Å². The van der Waals surface area contributed by atoms with E-state index in [9.17, 15) is 13.2 Å². The number of halogens is 1. The van der Waals surface area contributed by atoms with Gasteiger partial charge in [0, 0.05) is 11.3 Å². The van der Waals surface area contributed by atoms with Gasteiger partial charge < -0.3 is 9.47 Å². The van der Waals surface area contributed by atoms with E-state index in [1.165, 1.54) is 6.08 Å². The number of carbonyl (C=O) groups excluding carboxylic acids is 1. The maximum absolute atomic E-state index is 12.4. The highest BCUT2D eigenvalue weighted by molar-refractivity contribution is 8.16. The number of benzene rings is 2. The van der Waals surface area contributed by atoms with Crippen molar-refractivity contribution in [2.45, 2.75) is 6.92 Å². The summed E-state index contributed by atoms with van der Waals surface area (Å²) in [5.41, 5.74) is 1.51. The first-order valence-corrected chi connectivity index (χ1v) is 13.0. The molecule has 0 saturated carbocycles. The summed E-state index contributed by atoms with van der Waals surface area (Å²) < 4.78 is 39.1. The number of aliphatic imine (C=N–C) groups is 1. The monoisotopic (exact) mass is 518 g/mol. The average molecular weight is 519 g/mol. The van der Waals surface area contributed by atoms with Gasteiger partial charge in [0.25, 0.3) is 5.91 Å². The number of ether oxygens (including phenoxy) is 2. The van der Waals surface area contributed by atoms with Gasteiger partial charge in [0.2, 0.25) is 20.2 Å². The van der Waals surface area contributed by atoms with Crippen LogP contribution in [0.1, 0.15) is 11.1 Å². The molecular weight excluding hydrogens is 500 g/mol. The minimum absolute atomic E-state index is 0.0390. The molecule has 0 unspecified atom stereocenters. The standard InChI is InChI=1S/C22H19ClN4O5S2/c1-13-11-16(7-8-18(13)23)32-10-9-31-15-5-3-14(4-6-15)12-17-19(24)27-21(25-20(17)28)33-26-22(27)34(2,29)30/h3-8,11-12,24H,9-10H2,1-2H3/b17-12-,24-19?. The van der Waals surface area contributed by atoms with E-state index in [-0.39, 0.29) is 21.7 Å². The van der Waals surface area contributed by atoms with Crippen LogP contribution in [-0.2, 0) is 14.6 Å². The normalized spacial score (nSPS) is 16.9. The average Bonchev–Trinajstić information content (AvgIpc) is 3.22. The summed E-state index contributed by atoms with van der Waals surface area (Å²) in [5.74, 6) is 0.381. The molecule has 1 N–H and O–H groups in total. The molecule has 0 spiro atoms. The third kappa shape index (κ3) is 5.16. The fourth-order valence-electron chi connectivity index (χ4n) is 3.09. The first-order valence-electron chi connectivity index (χ1n) is 9.94. The van der Waals surface area contributed by atoms with Crippen LogP contribution in [0.2, 0.25) is 5.02 Å². The molecule has 9 nitrogen and oxygen atoms in total. The zero-order valence-corrected chi connectivity index (χ0v) is 20.5. The third-order valence-electron chi connectivity index (χ3n) is 4.77. The van der Waals surface area contributed by atoms with Crippen molar-refractivity contribution < 1.29 is 22.7 Å². The van der Waals surface area contributed by atoms with Gasteiger partial charge in [-0.1, -0.05) is 23.7 Å². The number of hydrogen-bond donors (Lipinski definition) is 1. The molecule has 0 saturated heterocycles. The molecule has 0 atom stereocenters. The van der Waals surface area contributed by atoms with E-state index < -0.39 is 15.7 Å². The Hall–Kier alpha value is -3.15. The quantitative estimate of drug-likeness (QED) is 0.351. The highest BCUT2D eigenvalue weighted by Gasteiger charge is 2.41. The number of amidine groups is 3. The van der Waals surface area contributed by atoms with Crippen LogP contribution < -0.4 is 9.47 Å². The largest absolute Gasteiger partial charge is 0.490 e. The fraction of sp³-hybridized carbons (Fsp3) is 0.182. The van der Waals surface area contributed by atoms with Gasteiger partial charge >= 0.3 is 0 Å². The zero-order chi connectivity index (χ0) is 24.5. The summed E-state index contributed by atoms with van der Waals surface area (Å²) in [4.78, 5) is 17.4. The SMILES string of the molecule is Cc1cc(OCCOc2ccc(/C=C3/C(=N)N4C(=NC3=O)SN=C4S(C)(=O)=O)cc2)ccc1Cl. The van der Waals surface area contributed by atoms with Crippen LogP contribution in [0.5, 0.6) is 11.5 Å². The van der Waals surface area contributed by atoms with E-state index in [0.717, 1.165) is 28.7 Å². The summed E-state index contributed by atoms with van der Waals surface area (Å²) in [6, 6.07) is 12.3. The number of nitrogens with zero attached hydrogens (tertiary/aromatic N) is 3. The zero-order valence-electron chi connectivity index (χ0n) is 18.1. The van der Waals surface area contributed by atoms with E-state index >= 15 is 0 Å². The minimum Gasteiger partial charge on any atom is -0.490 e. The van der Waals surface area contributed by atoms with Gasteiger partial charge in [-0.3, -0.25) is 10.2 Å². The maximum atomic E-state index is 12.4. The molecule has 34 heavy (non-hydrogen) atoms. The van der Waals surface area contributed by atoms with E-state index in [4.69, 9.17) is 26.5 Å². The van der Waals surface area contributed by atoms with Crippen LogP contribution in [0.4, 0.5) is 0 Å². The Kier molecular flexibility index (Phi) is 6.78. The highest BCUT2D eigenvalue weighted by atomic mass is 35.5. The molecule has 1 amide bonds. The van der Waals surface area contributed by atoms with Gasteiger partial charge in [-0.25, -0.2) is 13.3 Å². The molecule has 0 fully saturated rings. The first kappa shape index (κ1) is 24.0. The number of hydrogen-bond acceptors (Lipinski definition) is 8. The number of rotatable bonds is 6. The number of fused-ring (bicyclic) bond motifs is 1. The van der Waals surface area contributed by atoms with Crippen molar-refractivity contribution in [3.8, 4) is 11.5 Å². The summed E-state index contributed by atoms with van der Waals surface area (Å²) in [5, 5.41) is 8.77. The van der Waals surface area contributed by atoms with Crippen molar-refractivity contribution in [1.82, 2.24) is 4.90 Å². The molecule has 0 bridgehead atoms. The molecule has 0 aliphatic carbocycles. The van der Waals surface area contributed by atoms with Gasteiger partial charge in [-0.05, 0) is 54.5 Å². The Balaban J connectivity index is 1.39. The van der Waals surface area contributed by atoms with Crippen molar-refractivity contribution in [1.29, 1.82) is 5.41 Å². The number of aryl methyl sites for hydroxylation is 1. The van der Waals surface area contributed by atoms with Gasteiger partial charge in [-0.15, -0.1) is 0 Å². The Morgan fingerprint density at radius 1 is 1.12 bits per heavy atom. The predicted molar refractivity (Wildman–Crippen MR) is 133 cm³/mol. The van der Waals surface area contributed by atoms with Crippen molar-refractivity contribution >= 4 is 61.5 Å². The van der Waals surface area contributed by atoms with Crippen LogP contribution in [0.3, 0.4) is 0 Å². The Labute approximate surface area is 205 Å². The van der Waals surface area contributed by atoms with Gasteiger partial charge in [0.05, 0.1) is 17.5 Å². The fourth-order valence-corrected chi connectivity index (χ4v) is 5.05. The predicted octanol–water partition coefficient (Wildman–Crippen LogP) is 3.73. The molecule has 2 aromatic carbocycles. The lowest BCUT2D eigenvalue weighted by Gasteiger charge is -2.23. The Morgan fingerprint density at radius 3 is 2.41 bits per heavy atom. The van der Waals surface area contributed by atoms with E-state index in [1.54, 1.807) is 36.4 Å². The van der Waals surface area contributed by atoms with Crippen LogP contribution in [0, 0.1) is 12.3 Å². The van der Waals surface area contributed by atoms with Crippen molar-refractivity contribution in [2.24, 2.45) is 9.39 Å². The lowest BCUT2D eigenvalue weighted by Crippen LogP contribution is -2.45. The highest BCUT2D eigenvalue weighted by Crippen LogP contribution is 2.30. The molecule has 2 aliphatic rings. The lowest BCUT2D eigenvalue weighted by atomic mass is 10.1. The van der Waals surface area contributed by atoms with Crippen molar-refractivity contribution in [3.05, 3.63) is 64.2 Å². The molecule has 2 aliphatic heterocycles. The summed E-state index contributed by atoms with van der Waals surface area (Å²) in [6.07, 6.45) is 2.46. The number of nitrogens with one attached hydrogen (secondary N) is 1. The first-order chi connectivity index (χ1) is 16.1. The maximum Gasteiger partial charge on any atom is 0.283 e. The summed E-state index contributed by atoms with van der Waals surface area (Å²) in [7, 11) is -3.70. The number of carbonyl (C=O) groups is 1. The lowest BCUT2D eigenvalue weighted by molar-refractivity contribution is -0.114. The molecule has 4 rings (SSSR count). The molecule has 2 aromatic rings. The van der Waals surface area contributed by atoms with Crippen LogP contribution >= 0.6 is 23.5 Å². The molecule has 12 heteroatoms. The van der Waals surface area contributed by atoms with Gasteiger partial charge in [0.15, 0.2) is 0 Å². The van der Waals surface area contributed by atoms with E-state index in [2.05, 4.69) is 9.39 Å².